The molecule has 1 amide bonds. The van der Waals surface area contributed by atoms with Gasteiger partial charge < -0.3 is 11.5 Å². The Morgan fingerprint density at radius 2 is 1.64 bits per heavy atom. The van der Waals surface area contributed by atoms with Crippen LogP contribution in [0.25, 0.3) is 27.4 Å². The number of hydrogen-bond acceptors (Lipinski definition) is 5. The molecule has 33 heavy (non-hydrogen) atoms. The predicted octanol–water partition coefficient (Wildman–Crippen LogP) is 3.22. The maximum absolute atomic E-state index is 13.0. The quantitative estimate of drug-likeness (QED) is 0.308. The van der Waals surface area contributed by atoms with Gasteiger partial charge in [0.2, 0.25) is 10.0 Å². The van der Waals surface area contributed by atoms with Crippen LogP contribution in [0.2, 0.25) is 0 Å². The number of amides is 1. The van der Waals surface area contributed by atoms with E-state index in [4.69, 9.17) is 11.5 Å². The molecule has 4 aromatic rings. The highest BCUT2D eigenvalue weighted by Gasteiger charge is 2.23. The Hall–Kier alpha value is -3.95. The number of carbonyl (C=O) groups is 1. The Bertz CT molecular complexity index is 1490. The molecule has 4 N–H and O–H groups in total. The SMILES string of the molecule is C=CCN(CC=C)S(=O)(=O)c1ccc(-n2nc(C(N)=O)c3ccc4ccc(N)cc4c32)cc1. The largest absolute Gasteiger partial charge is 0.399 e. The van der Waals surface area contributed by atoms with E-state index < -0.39 is 15.9 Å². The third-order valence-corrected chi connectivity index (χ3v) is 7.15. The van der Waals surface area contributed by atoms with Gasteiger partial charge in [-0.3, -0.25) is 4.79 Å². The highest BCUT2D eigenvalue weighted by atomic mass is 32.2. The number of rotatable bonds is 8. The highest BCUT2D eigenvalue weighted by molar-refractivity contribution is 7.89. The summed E-state index contributed by atoms with van der Waals surface area (Å²) in [6.07, 6.45) is 3.04. The molecule has 8 nitrogen and oxygen atoms in total. The van der Waals surface area contributed by atoms with Gasteiger partial charge in [0.1, 0.15) is 0 Å². The van der Waals surface area contributed by atoms with Crippen molar-refractivity contribution in [1.82, 2.24) is 14.1 Å². The van der Waals surface area contributed by atoms with Crippen molar-refractivity contribution in [2.75, 3.05) is 18.8 Å². The van der Waals surface area contributed by atoms with Gasteiger partial charge in [-0.15, -0.1) is 13.2 Å². The minimum Gasteiger partial charge on any atom is -0.399 e. The summed E-state index contributed by atoms with van der Waals surface area (Å²) in [5, 5.41) is 6.74. The van der Waals surface area contributed by atoms with Gasteiger partial charge in [0.25, 0.3) is 5.91 Å². The summed E-state index contributed by atoms with van der Waals surface area (Å²) < 4.78 is 28.9. The molecule has 168 valence electrons. The van der Waals surface area contributed by atoms with Gasteiger partial charge >= 0.3 is 0 Å². The van der Waals surface area contributed by atoms with E-state index in [2.05, 4.69) is 18.3 Å². The van der Waals surface area contributed by atoms with Crippen LogP contribution in [0.1, 0.15) is 10.5 Å². The predicted molar refractivity (Wildman–Crippen MR) is 131 cm³/mol. The third-order valence-electron chi connectivity index (χ3n) is 5.30. The minimum absolute atomic E-state index is 0.120. The minimum atomic E-state index is -3.74. The van der Waals surface area contributed by atoms with Crippen LogP contribution in [0, 0.1) is 0 Å². The van der Waals surface area contributed by atoms with Crippen molar-refractivity contribution in [3.8, 4) is 5.69 Å². The van der Waals surface area contributed by atoms with Crippen molar-refractivity contribution in [2.24, 2.45) is 5.73 Å². The maximum Gasteiger partial charge on any atom is 0.269 e. The number of aromatic nitrogens is 2. The monoisotopic (exact) mass is 461 g/mol. The number of nitrogen functional groups attached to an aromatic ring is 1. The Labute approximate surface area is 191 Å². The molecular weight excluding hydrogens is 438 g/mol. The molecule has 4 rings (SSSR count). The van der Waals surface area contributed by atoms with Crippen molar-refractivity contribution in [1.29, 1.82) is 0 Å². The molecule has 1 heterocycles. The van der Waals surface area contributed by atoms with Crippen LogP contribution in [0.15, 0.2) is 84.8 Å². The Morgan fingerprint density at radius 3 is 2.24 bits per heavy atom. The van der Waals surface area contributed by atoms with E-state index in [0.717, 1.165) is 10.8 Å². The molecule has 9 heteroatoms. The van der Waals surface area contributed by atoms with E-state index in [1.165, 1.54) is 28.6 Å². The summed E-state index contributed by atoms with van der Waals surface area (Å²) in [6.45, 7) is 7.57. The number of benzene rings is 3. The van der Waals surface area contributed by atoms with Crippen LogP contribution in [0.3, 0.4) is 0 Å². The molecule has 0 fully saturated rings. The van der Waals surface area contributed by atoms with E-state index in [0.29, 0.717) is 22.3 Å². The molecular formula is C24H23N5O3S. The van der Waals surface area contributed by atoms with Crippen molar-refractivity contribution in [2.45, 2.75) is 4.90 Å². The first-order valence-electron chi connectivity index (χ1n) is 10.1. The van der Waals surface area contributed by atoms with Gasteiger partial charge in [-0.2, -0.15) is 9.40 Å². The number of primary amides is 1. The molecule has 1 aromatic heterocycles. The number of sulfonamides is 1. The summed E-state index contributed by atoms with van der Waals surface area (Å²) in [5.41, 5.74) is 13.5. The van der Waals surface area contributed by atoms with Crippen molar-refractivity contribution in [3.63, 3.8) is 0 Å². The smallest absolute Gasteiger partial charge is 0.269 e. The Balaban J connectivity index is 1.89. The second-order valence-corrected chi connectivity index (χ2v) is 9.40. The Morgan fingerprint density at radius 1 is 1.00 bits per heavy atom. The second kappa shape index (κ2) is 8.53. The molecule has 0 radical (unpaired) electrons. The summed E-state index contributed by atoms with van der Waals surface area (Å²) in [7, 11) is -3.74. The normalized spacial score (nSPS) is 11.8. The van der Waals surface area contributed by atoms with Crippen molar-refractivity contribution >= 4 is 43.3 Å². The molecule has 0 spiro atoms. The zero-order valence-corrected chi connectivity index (χ0v) is 18.6. The number of nitrogens with two attached hydrogens (primary N) is 2. The molecule has 0 aliphatic carbocycles. The standard InChI is InChI=1S/C24H23N5O3S/c1-3-13-28(14-4-2)33(31,32)19-10-8-18(9-11-19)29-23-20(22(27-29)24(26)30)12-6-16-5-7-17(25)15-21(16)23/h3-12,15H,1-2,13-14,25H2,(H2,26,30). The molecule has 0 bridgehead atoms. The van der Waals surface area contributed by atoms with Gasteiger partial charge in [0, 0.05) is 29.5 Å². The first-order chi connectivity index (χ1) is 15.8. The number of nitrogens with zero attached hydrogens (tertiary/aromatic N) is 3. The van der Waals surface area contributed by atoms with Gasteiger partial charge in [0.15, 0.2) is 5.69 Å². The molecule has 0 unspecified atom stereocenters. The summed E-state index contributed by atoms with van der Waals surface area (Å²) in [6, 6.07) is 15.4. The van der Waals surface area contributed by atoms with Crippen LogP contribution in [-0.4, -0.2) is 41.5 Å². The zero-order chi connectivity index (χ0) is 23.8. The van der Waals surface area contributed by atoms with Gasteiger partial charge in [0.05, 0.1) is 16.1 Å². The lowest BCUT2D eigenvalue weighted by Crippen LogP contribution is -2.31. The molecule has 0 aliphatic rings. The van der Waals surface area contributed by atoms with Crippen LogP contribution < -0.4 is 11.5 Å². The lowest BCUT2D eigenvalue weighted by molar-refractivity contribution is 0.0996. The number of hydrogen-bond donors (Lipinski definition) is 2. The second-order valence-electron chi connectivity index (χ2n) is 7.46. The van der Waals surface area contributed by atoms with Crippen LogP contribution >= 0.6 is 0 Å². The molecule has 0 saturated carbocycles. The fourth-order valence-corrected chi connectivity index (χ4v) is 5.16. The highest BCUT2D eigenvalue weighted by Crippen LogP contribution is 2.31. The van der Waals surface area contributed by atoms with E-state index in [1.54, 1.807) is 28.9 Å². The third kappa shape index (κ3) is 3.88. The first-order valence-corrected chi connectivity index (χ1v) is 11.5. The zero-order valence-electron chi connectivity index (χ0n) is 17.8. The molecule has 0 saturated heterocycles. The average molecular weight is 462 g/mol. The van der Waals surface area contributed by atoms with Crippen LogP contribution in [-0.2, 0) is 10.0 Å². The molecule has 3 aromatic carbocycles. The average Bonchev–Trinajstić information content (AvgIpc) is 3.19. The number of carbonyl (C=O) groups excluding carboxylic acids is 1. The fourth-order valence-electron chi connectivity index (χ4n) is 3.78. The molecule has 0 aliphatic heterocycles. The summed E-state index contributed by atoms with van der Waals surface area (Å²) in [5.74, 6) is -0.661. The van der Waals surface area contributed by atoms with Crippen molar-refractivity contribution < 1.29 is 13.2 Å². The summed E-state index contributed by atoms with van der Waals surface area (Å²) >= 11 is 0. The topological polar surface area (TPSA) is 124 Å². The number of fused-ring (bicyclic) bond motifs is 3. The van der Waals surface area contributed by atoms with E-state index >= 15 is 0 Å². The molecule has 0 atom stereocenters. The van der Waals surface area contributed by atoms with Gasteiger partial charge in [-0.1, -0.05) is 24.3 Å². The van der Waals surface area contributed by atoms with Gasteiger partial charge in [-0.05, 0) is 47.9 Å². The van der Waals surface area contributed by atoms with Crippen molar-refractivity contribution in [3.05, 3.63) is 85.6 Å². The fraction of sp³-hybridized carbons (Fsp3) is 0.0833. The first kappa shape index (κ1) is 22.3. The lowest BCUT2D eigenvalue weighted by Gasteiger charge is -2.19. The van der Waals surface area contributed by atoms with E-state index in [-0.39, 0.29) is 23.7 Å². The van der Waals surface area contributed by atoms with Gasteiger partial charge in [-0.25, -0.2) is 13.1 Å². The summed E-state index contributed by atoms with van der Waals surface area (Å²) in [4.78, 5) is 12.2. The van der Waals surface area contributed by atoms with Crippen LogP contribution in [0.5, 0.6) is 0 Å². The van der Waals surface area contributed by atoms with Crippen LogP contribution in [0.4, 0.5) is 5.69 Å². The Kier molecular flexibility index (Phi) is 5.75. The number of anilines is 1. The van der Waals surface area contributed by atoms with E-state index in [9.17, 15) is 13.2 Å². The van der Waals surface area contributed by atoms with E-state index in [1.807, 2.05) is 18.2 Å². The lowest BCUT2D eigenvalue weighted by atomic mass is 10.0. The maximum atomic E-state index is 13.0.